The fourth-order valence-electron chi connectivity index (χ4n) is 3.41. The van der Waals surface area contributed by atoms with Crippen LogP contribution in [0.2, 0.25) is 5.02 Å². The maximum Gasteiger partial charge on any atom is 0.253 e. The number of carbonyl (C=O) groups is 2. The normalized spacial score (nSPS) is 11.6. The summed E-state index contributed by atoms with van der Waals surface area (Å²) >= 11 is 6.16. The lowest BCUT2D eigenvalue weighted by molar-refractivity contribution is -0.116. The van der Waals surface area contributed by atoms with E-state index in [4.69, 9.17) is 11.6 Å². The van der Waals surface area contributed by atoms with Crippen LogP contribution in [0.5, 0.6) is 0 Å². The molecule has 0 spiro atoms. The molecule has 5 nitrogen and oxygen atoms in total. The fraction of sp³-hybridized carbons (Fsp3) is 0.208. The first-order chi connectivity index (χ1) is 14.3. The van der Waals surface area contributed by atoms with Crippen molar-refractivity contribution in [3.63, 3.8) is 0 Å². The Labute approximate surface area is 181 Å². The van der Waals surface area contributed by atoms with E-state index in [-0.39, 0.29) is 18.2 Å². The van der Waals surface area contributed by atoms with Crippen LogP contribution in [0, 0.1) is 20.8 Å². The quantitative estimate of drug-likeness (QED) is 0.577. The van der Waals surface area contributed by atoms with Crippen LogP contribution >= 0.6 is 11.6 Å². The van der Waals surface area contributed by atoms with E-state index in [0.29, 0.717) is 16.3 Å². The van der Waals surface area contributed by atoms with Crippen LogP contribution in [-0.4, -0.2) is 16.8 Å². The number of hydrogen-bond donors (Lipinski definition) is 2. The second-order valence-electron chi connectivity index (χ2n) is 7.21. The van der Waals surface area contributed by atoms with Crippen LogP contribution in [0.4, 0.5) is 5.69 Å². The number of nitrogens with zero attached hydrogens (tertiary/aromatic N) is 1. The molecule has 0 saturated carbocycles. The minimum Gasteiger partial charge on any atom is -0.345 e. The molecule has 0 fully saturated rings. The molecule has 3 rings (SSSR count). The number of aryl methyl sites for hydroxylation is 3. The number of anilines is 1. The monoisotopic (exact) mass is 421 g/mol. The van der Waals surface area contributed by atoms with Gasteiger partial charge in [-0.25, -0.2) is 0 Å². The van der Waals surface area contributed by atoms with E-state index >= 15 is 0 Å². The average molecular weight is 422 g/mol. The molecule has 1 aromatic heterocycles. The van der Waals surface area contributed by atoms with E-state index < -0.39 is 6.04 Å². The van der Waals surface area contributed by atoms with E-state index in [1.54, 1.807) is 24.3 Å². The van der Waals surface area contributed by atoms with Crippen molar-refractivity contribution in [1.29, 1.82) is 0 Å². The number of rotatable bonds is 6. The highest BCUT2D eigenvalue weighted by Gasteiger charge is 2.21. The molecule has 0 aliphatic carbocycles. The first-order valence-corrected chi connectivity index (χ1v) is 10.1. The topological polar surface area (TPSA) is 71.1 Å². The molecule has 0 aliphatic rings. The molecule has 0 saturated heterocycles. The number of aromatic nitrogens is 1. The molecule has 1 heterocycles. The molecule has 6 heteroatoms. The van der Waals surface area contributed by atoms with Crippen molar-refractivity contribution in [1.82, 2.24) is 10.3 Å². The number of carbonyl (C=O) groups excluding carboxylic acids is 2. The molecule has 1 unspecified atom stereocenters. The molecule has 0 bridgehead atoms. The van der Waals surface area contributed by atoms with Gasteiger partial charge in [-0.1, -0.05) is 54.1 Å². The van der Waals surface area contributed by atoms with Gasteiger partial charge in [0.15, 0.2) is 0 Å². The first-order valence-electron chi connectivity index (χ1n) is 9.70. The molecular formula is C24H24ClN3O2. The third kappa shape index (κ3) is 5.24. The van der Waals surface area contributed by atoms with Crippen molar-refractivity contribution >= 4 is 29.1 Å². The third-order valence-electron chi connectivity index (χ3n) is 4.81. The maximum atomic E-state index is 12.9. The van der Waals surface area contributed by atoms with Crippen molar-refractivity contribution in [2.24, 2.45) is 0 Å². The van der Waals surface area contributed by atoms with Gasteiger partial charge in [0, 0.05) is 5.69 Å². The second-order valence-corrected chi connectivity index (χ2v) is 7.62. The van der Waals surface area contributed by atoms with Crippen LogP contribution < -0.4 is 10.6 Å². The van der Waals surface area contributed by atoms with Crippen LogP contribution in [-0.2, 0) is 4.79 Å². The van der Waals surface area contributed by atoms with Gasteiger partial charge < -0.3 is 10.6 Å². The van der Waals surface area contributed by atoms with Crippen molar-refractivity contribution in [2.45, 2.75) is 33.2 Å². The summed E-state index contributed by atoms with van der Waals surface area (Å²) in [6, 6.07) is 17.7. The standard InChI is InChI=1S/C24H24ClN3O2/c1-15-13-16(2)26-17(3)23(15)28-22(29)14-21(18-9-5-4-6-10-18)27-24(30)19-11-7-8-12-20(19)25/h4-13,21H,14H2,1-3H3,(H,27,30)(H,28,29). The maximum absolute atomic E-state index is 12.9. The summed E-state index contributed by atoms with van der Waals surface area (Å²) in [5.74, 6) is -0.535. The number of halogens is 1. The SMILES string of the molecule is Cc1cc(C)c(NC(=O)CC(NC(=O)c2ccccc2Cl)c2ccccc2)c(C)n1. The number of nitrogens with one attached hydrogen (secondary N) is 2. The molecule has 2 aromatic carbocycles. The summed E-state index contributed by atoms with van der Waals surface area (Å²) < 4.78 is 0. The summed E-state index contributed by atoms with van der Waals surface area (Å²) in [6.45, 7) is 5.72. The molecule has 30 heavy (non-hydrogen) atoms. The number of pyridine rings is 1. The highest BCUT2D eigenvalue weighted by molar-refractivity contribution is 6.33. The minimum absolute atomic E-state index is 0.0764. The van der Waals surface area contributed by atoms with Crippen LogP contribution in [0.15, 0.2) is 60.7 Å². The molecular weight excluding hydrogens is 398 g/mol. The average Bonchev–Trinajstić information content (AvgIpc) is 2.71. The van der Waals surface area contributed by atoms with E-state index in [9.17, 15) is 9.59 Å². The summed E-state index contributed by atoms with van der Waals surface area (Å²) in [6.07, 6.45) is 0.0764. The van der Waals surface area contributed by atoms with E-state index in [1.807, 2.05) is 57.2 Å². The van der Waals surface area contributed by atoms with Gasteiger partial charge in [0.1, 0.15) is 0 Å². The molecule has 1 atom stereocenters. The summed E-state index contributed by atoms with van der Waals surface area (Å²) in [4.78, 5) is 30.1. The molecule has 2 N–H and O–H groups in total. The Morgan fingerprint density at radius 2 is 1.67 bits per heavy atom. The van der Waals surface area contributed by atoms with Gasteiger partial charge in [0.05, 0.1) is 34.4 Å². The summed E-state index contributed by atoms with van der Waals surface area (Å²) in [5, 5.41) is 6.26. The zero-order valence-electron chi connectivity index (χ0n) is 17.2. The smallest absolute Gasteiger partial charge is 0.253 e. The zero-order valence-corrected chi connectivity index (χ0v) is 18.0. The first kappa shape index (κ1) is 21.5. The van der Waals surface area contributed by atoms with Crippen LogP contribution in [0.25, 0.3) is 0 Å². The molecule has 3 aromatic rings. The summed E-state index contributed by atoms with van der Waals surface area (Å²) in [5.41, 5.74) is 4.52. The Kier molecular flexibility index (Phi) is 6.85. The van der Waals surface area contributed by atoms with Crippen LogP contribution in [0.1, 0.15) is 45.3 Å². The largest absolute Gasteiger partial charge is 0.345 e. The summed E-state index contributed by atoms with van der Waals surface area (Å²) in [7, 11) is 0. The molecule has 154 valence electrons. The van der Waals surface area contributed by atoms with Gasteiger partial charge in [-0.2, -0.15) is 0 Å². The van der Waals surface area contributed by atoms with Crippen molar-refractivity contribution in [3.8, 4) is 0 Å². The lowest BCUT2D eigenvalue weighted by Gasteiger charge is -2.20. The Bertz CT molecular complexity index is 1040. The highest BCUT2D eigenvalue weighted by atomic mass is 35.5. The lowest BCUT2D eigenvalue weighted by Crippen LogP contribution is -2.32. The highest BCUT2D eigenvalue weighted by Crippen LogP contribution is 2.23. The second kappa shape index (κ2) is 9.55. The van der Waals surface area contributed by atoms with Gasteiger partial charge in [0.25, 0.3) is 5.91 Å². The molecule has 2 amide bonds. The van der Waals surface area contributed by atoms with Gasteiger partial charge in [-0.3, -0.25) is 14.6 Å². The van der Waals surface area contributed by atoms with E-state index in [0.717, 1.165) is 22.5 Å². The Balaban J connectivity index is 1.81. The Morgan fingerprint density at radius 3 is 2.33 bits per heavy atom. The molecule has 0 aliphatic heterocycles. The Hall–Kier alpha value is -3.18. The number of hydrogen-bond acceptors (Lipinski definition) is 3. The fourth-order valence-corrected chi connectivity index (χ4v) is 3.63. The predicted molar refractivity (Wildman–Crippen MR) is 120 cm³/mol. The number of amides is 2. The predicted octanol–water partition coefficient (Wildman–Crippen LogP) is 5.16. The lowest BCUT2D eigenvalue weighted by atomic mass is 10.0. The number of benzene rings is 2. The van der Waals surface area contributed by atoms with Crippen molar-refractivity contribution < 1.29 is 9.59 Å². The third-order valence-corrected chi connectivity index (χ3v) is 5.13. The van der Waals surface area contributed by atoms with E-state index in [2.05, 4.69) is 15.6 Å². The molecule has 0 radical (unpaired) electrons. The van der Waals surface area contributed by atoms with Gasteiger partial charge in [0.2, 0.25) is 5.91 Å². The van der Waals surface area contributed by atoms with Crippen LogP contribution in [0.3, 0.4) is 0 Å². The van der Waals surface area contributed by atoms with E-state index in [1.165, 1.54) is 0 Å². The van der Waals surface area contributed by atoms with Crippen molar-refractivity contribution in [3.05, 3.63) is 93.8 Å². The van der Waals surface area contributed by atoms with Crippen molar-refractivity contribution in [2.75, 3.05) is 5.32 Å². The van der Waals surface area contributed by atoms with Gasteiger partial charge >= 0.3 is 0 Å². The van der Waals surface area contributed by atoms with Gasteiger partial charge in [-0.15, -0.1) is 0 Å². The van der Waals surface area contributed by atoms with Gasteiger partial charge in [-0.05, 0) is 50.1 Å². The Morgan fingerprint density at radius 1 is 1.00 bits per heavy atom. The minimum atomic E-state index is -0.506. The zero-order chi connectivity index (χ0) is 21.7.